The fourth-order valence-corrected chi connectivity index (χ4v) is 1.43. The van der Waals surface area contributed by atoms with Gasteiger partial charge in [0.15, 0.2) is 0 Å². The first-order valence-corrected chi connectivity index (χ1v) is 4.91. The number of amides is 1. The van der Waals surface area contributed by atoms with Crippen LogP contribution in [0.1, 0.15) is 6.92 Å². The molecule has 6 nitrogen and oxygen atoms in total. The van der Waals surface area contributed by atoms with Gasteiger partial charge in [0.25, 0.3) is 0 Å². The maximum absolute atomic E-state index is 10.5. The molecule has 12 heavy (non-hydrogen) atoms. The van der Waals surface area contributed by atoms with E-state index < -0.39 is 22.2 Å². The van der Waals surface area contributed by atoms with Crippen molar-refractivity contribution in [1.82, 2.24) is 5.32 Å². The van der Waals surface area contributed by atoms with Gasteiger partial charge in [0.2, 0.25) is 10.0 Å². The molecule has 0 aliphatic heterocycles. The van der Waals surface area contributed by atoms with Crippen molar-refractivity contribution >= 4 is 16.1 Å². The van der Waals surface area contributed by atoms with E-state index in [4.69, 9.17) is 5.14 Å². The van der Waals surface area contributed by atoms with E-state index in [1.165, 1.54) is 14.0 Å². The van der Waals surface area contributed by atoms with Gasteiger partial charge in [-0.15, -0.1) is 0 Å². The van der Waals surface area contributed by atoms with Gasteiger partial charge in [0.1, 0.15) is 0 Å². The van der Waals surface area contributed by atoms with Crippen LogP contribution in [0.3, 0.4) is 0 Å². The minimum atomic E-state index is -3.55. The van der Waals surface area contributed by atoms with Crippen LogP contribution in [0.25, 0.3) is 0 Å². The Balaban J connectivity index is 3.91. The molecular weight excluding hydrogens is 184 g/mol. The Morgan fingerprint density at radius 2 is 2.17 bits per heavy atom. The molecule has 0 radical (unpaired) electrons. The van der Waals surface area contributed by atoms with E-state index in [-0.39, 0.29) is 5.75 Å². The Morgan fingerprint density at radius 1 is 1.67 bits per heavy atom. The largest absolute Gasteiger partial charge is 0.453 e. The summed E-state index contributed by atoms with van der Waals surface area (Å²) in [5.41, 5.74) is 0. The fraction of sp³-hybridized carbons (Fsp3) is 0.800. The van der Waals surface area contributed by atoms with Gasteiger partial charge in [-0.05, 0) is 6.92 Å². The monoisotopic (exact) mass is 196 g/mol. The molecule has 0 heterocycles. The Bertz CT molecular complexity index is 248. The maximum Gasteiger partial charge on any atom is 0.407 e. The average molecular weight is 196 g/mol. The van der Waals surface area contributed by atoms with Gasteiger partial charge in [-0.1, -0.05) is 0 Å². The molecule has 0 aromatic carbocycles. The average Bonchev–Trinajstić information content (AvgIpc) is 1.82. The van der Waals surface area contributed by atoms with Gasteiger partial charge in [-0.3, -0.25) is 0 Å². The summed E-state index contributed by atoms with van der Waals surface area (Å²) in [7, 11) is -2.35. The quantitative estimate of drug-likeness (QED) is 0.606. The molecule has 0 rings (SSSR count). The predicted molar refractivity (Wildman–Crippen MR) is 43.0 cm³/mol. The molecule has 0 saturated heterocycles. The molecule has 3 N–H and O–H groups in total. The molecule has 0 bridgehead atoms. The number of nitrogens with two attached hydrogens (primary N) is 1. The number of carbonyl (C=O) groups is 1. The molecule has 0 spiro atoms. The van der Waals surface area contributed by atoms with E-state index in [1.807, 2.05) is 0 Å². The highest BCUT2D eigenvalue weighted by molar-refractivity contribution is 7.89. The van der Waals surface area contributed by atoms with Crippen LogP contribution in [-0.4, -0.2) is 33.4 Å². The number of nitrogens with one attached hydrogen (secondary N) is 1. The Kier molecular flexibility index (Phi) is 3.98. The summed E-state index contributed by atoms with van der Waals surface area (Å²) < 4.78 is 25.2. The minimum absolute atomic E-state index is 0.303. The number of ether oxygens (including phenoxy) is 1. The lowest BCUT2D eigenvalue weighted by Crippen LogP contribution is -2.39. The third-order valence-electron chi connectivity index (χ3n) is 1.03. The highest BCUT2D eigenvalue weighted by Gasteiger charge is 2.12. The van der Waals surface area contributed by atoms with E-state index >= 15 is 0 Å². The second-order valence-electron chi connectivity index (χ2n) is 2.37. The van der Waals surface area contributed by atoms with Crippen molar-refractivity contribution in [2.45, 2.75) is 13.0 Å². The first-order valence-electron chi connectivity index (χ1n) is 3.20. The maximum atomic E-state index is 10.5. The van der Waals surface area contributed by atoms with Crippen molar-refractivity contribution < 1.29 is 17.9 Å². The summed E-state index contributed by atoms with van der Waals surface area (Å²) >= 11 is 0. The van der Waals surface area contributed by atoms with E-state index in [0.29, 0.717) is 0 Å². The normalized spacial score (nSPS) is 13.6. The standard InChI is InChI=1S/C5H12N2O4S/c1-4(3-12(6,9)10)7-5(8)11-2/h4H,3H2,1-2H3,(H,7,8)(H2,6,9,10). The van der Waals surface area contributed by atoms with Crippen molar-refractivity contribution in [1.29, 1.82) is 0 Å². The molecule has 0 aliphatic rings. The number of rotatable bonds is 3. The van der Waals surface area contributed by atoms with Crippen LogP contribution in [0.4, 0.5) is 4.79 Å². The SMILES string of the molecule is COC(=O)NC(C)CS(N)(=O)=O. The van der Waals surface area contributed by atoms with Crippen molar-refractivity contribution in [3.63, 3.8) is 0 Å². The van der Waals surface area contributed by atoms with E-state index in [1.54, 1.807) is 0 Å². The van der Waals surface area contributed by atoms with E-state index in [9.17, 15) is 13.2 Å². The summed E-state index contributed by atoms with van der Waals surface area (Å²) in [5.74, 6) is -0.303. The van der Waals surface area contributed by atoms with Gasteiger partial charge in [0, 0.05) is 6.04 Å². The minimum Gasteiger partial charge on any atom is -0.453 e. The van der Waals surface area contributed by atoms with Crippen LogP contribution in [0.5, 0.6) is 0 Å². The molecule has 1 amide bonds. The smallest absolute Gasteiger partial charge is 0.407 e. The summed E-state index contributed by atoms with van der Waals surface area (Å²) in [6, 6.07) is -0.549. The Morgan fingerprint density at radius 3 is 2.50 bits per heavy atom. The highest BCUT2D eigenvalue weighted by atomic mass is 32.2. The lowest BCUT2D eigenvalue weighted by molar-refractivity contribution is 0.168. The number of hydrogen-bond donors (Lipinski definition) is 2. The number of alkyl carbamates (subject to hydrolysis) is 1. The van der Waals surface area contributed by atoms with Crippen molar-refractivity contribution in [2.75, 3.05) is 12.9 Å². The molecule has 0 aromatic rings. The van der Waals surface area contributed by atoms with Crippen LogP contribution >= 0.6 is 0 Å². The molecule has 0 fully saturated rings. The van der Waals surface area contributed by atoms with Crippen LogP contribution < -0.4 is 10.5 Å². The molecule has 7 heteroatoms. The molecule has 1 atom stereocenters. The van der Waals surface area contributed by atoms with Gasteiger partial charge < -0.3 is 10.1 Å². The summed E-state index contributed by atoms with van der Waals surface area (Å²) in [4.78, 5) is 10.5. The van der Waals surface area contributed by atoms with Gasteiger partial charge >= 0.3 is 6.09 Å². The third-order valence-corrected chi connectivity index (χ3v) is 2.00. The predicted octanol–water partition coefficient (Wildman–Crippen LogP) is -0.981. The highest BCUT2D eigenvalue weighted by Crippen LogP contribution is 1.87. The molecule has 1 unspecified atom stereocenters. The topological polar surface area (TPSA) is 98.5 Å². The molecule has 0 aliphatic carbocycles. The van der Waals surface area contributed by atoms with Crippen LogP contribution in [0.15, 0.2) is 0 Å². The second kappa shape index (κ2) is 4.27. The van der Waals surface area contributed by atoms with Crippen molar-refractivity contribution in [3.05, 3.63) is 0 Å². The fourth-order valence-electron chi connectivity index (χ4n) is 0.650. The first kappa shape index (κ1) is 11.2. The van der Waals surface area contributed by atoms with Crippen LogP contribution in [0, 0.1) is 0 Å². The number of carbonyl (C=O) groups excluding carboxylic acids is 1. The summed E-state index contributed by atoms with van der Waals surface area (Å²) in [5, 5.41) is 7.00. The number of sulfonamides is 1. The molecule has 72 valence electrons. The van der Waals surface area contributed by atoms with Gasteiger partial charge in [0.05, 0.1) is 12.9 Å². The van der Waals surface area contributed by atoms with Crippen molar-refractivity contribution in [2.24, 2.45) is 5.14 Å². The van der Waals surface area contributed by atoms with Crippen LogP contribution in [-0.2, 0) is 14.8 Å². The zero-order chi connectivity index (χ0) is 9.78. The lowest BCUT2D eigenvalue weighted by atomic mass is 10.4. The zero-order valence-electron chi connectivity index (χ0n) is 6.90. The summed E-state index contributed by atoms with van der Waals surface area (Å²) in [6.07, 6.45) is -0.675. The molecule has 0 saturated carbocycles. The zero-order valence-corrected chi connectivity index (χ0v) is 7.72. The van der Waals surface area contributed by atoms with E-state index in [0.717, 1.165) is 0 Å². The molecule has 0 aromatic heterocycles. The Labute approximate surface area is 71.1 Å². The summed E-state index contributed by atoms with van der Waals surface area (Å²) in [6.45, 7) is 1.52. The van der Waals surface area contributed by atoms with Crippen molar-refractivity contribution in [3.8, 4) is 0 Å². The third kappa shape index (κ3) is 5.93. The Hall–Kier alpha value is -0.820. The molecular formula is C5H12N2O4S. The lowest BCUT2D eigenvalue weighted by Gasteiger charge is -2.10. The number of methoxy groups -OCH3 is 1. The number of hydrogen-bond acceptors (Lipinski definition) is 4. The first-order chi connectivity index (χ1) is 5.35. The number of primary sulfonamides is 1. The second-order valence-corrected chi connectivity index (χ2v) is 4.03. The van der Waals surface area contributed by atoms with Crippen LogP contribution in [0.2, 0.25) is 0 Å². The van der Waals surface area contributed by atoms with E-state index in [2.05, 4.69) is 10.1 Å². The van der Waals surface area contributed by atoms with Gasteiger partial charge in [-0.25, -0.2) is 18.4 Å². The van der Waals surface area contributed by atoms with Gasteiger partial charge in [-0.2, -0.15) is 0 Å².